The first-order valence-corrected chi connectivity index (χ1v) is 6.68. The van der Waals surface area contributed by atoms with Gasteiger partial charge in [0.15, 0.2) is 0 Å². The summed E-state index contributed by atoms with van der Waals surface area (Å²) in [4.78, 5) is 0. The molecule has 0 radical (unpaired) electrons. The summed E-state index contributed by atoms with van der Waals surface area (Å²) in [6, 6.07) is -10.7. The van der Waals surface area contributed by atoms with Gasteiger partial charge in [0.2, 0.25) is 0 Å². The molecule has 0 spiro atoms. The Morgan fingerprint density at radius 2 is 1.22 bits per heavy atom. The molecule has 0 heterocycles. The Bertz CT molecular complexity index is 684. The second-order valence-electron chi connectivity index (χ2n) is 4.02. The fourth-order valence-electron chi connectivity index (χ4n) is 0.961. The molecule has 20 heteroatoms. The van der Waals surface area contributed by atoms with Gasteiger partial charge in [-0.3, -0.25) is 9.29 Å². The molecule has 27 heavy (non-hydrogen) atoms. The van der Waals surface area contributed by atoms with Crippen LogP contribution in [0.1, 0.15) is 0 Å². The second-order valence-corrected chi connectivity index (χ2v) is 5.17. The van der Waals surface area contributed by atoms with Gasteiger partial charge in [-0.05, 0) is 0 Å². The van der Waals surface area contributed by atoms with Crippen molar-refractivity contribution in [1.29, 1.82) is 0 Å². The van der Waals surface area contributed by atoms with Gasteiger partial charge in [-0.1, -0.05) is 0 Å². The maximum Gasteiger partial charge on any atom is 0.471 e. The van der Waals surface area contributed by atoms with Crippen LogP contribution in [0.5, 0.6) is 0 Å². The van der Waals surface area contributed by atoms with Gasteiger partial charge in [0, 0.05) is 0 Å². The number of hydrogen-bond acceptors (Lipinski definition) is 4. The predicted molar refractivity (Wildman–Crippen MR) is 51.9 cm³/mol. The molecule has 0 saturated heterocycles. The number of rotatable bonds is 8. The average molecular weight is 459 g/mol. The maximum atomic E-state index is 13.4. The molecule has 1 unspecified atom stereocenters. The van der Waals surface area contributed by atoms with E-state index in [0.717, 1.165) is 0 Å². The highest BCUT2D eigenvalue weighted by molar-refractivity contribution is 7.83. The van der Waals surface area contributed by atoms with Gasteiger partial charge < -0.3 is 4.74 Å². The Balaban J connectivity index is 6.23. The predicted octanol–water partition coefficient (Wildman–Crippen LogP) is 3.45. The van der Waals surface area contributed by atoms with E-state index in [1.165, 1.54) is 0 Å². The summed E-state index contributed by atoms with van der Waals surface area (Å²) in [6.45, 7) is 0. The summed E-state index contributed by atoms with van der Waals surface area (Å²) in [5, 5.41) is 0. The summed E-state index contributed by atoms with van der Waals surface area (Å²) in [5.74, 6) is -7.44. The fourth-order valence-corrected chi connectivity index (χ4v) is 1.40. The average Bonchev–Trinajstić information content (AvgIpc) is 2.32. The largest absolute Gasteiger partial charge is 0.471 e. The van der Waals surface area contributed by atoms with Crippen molar-refractivity contribution in [2.75, 3.05) is 0 Å². The van der Waals surface area contributed by atoms with Crippen LogP contribution in [-0.4, -0.2) is 43.3 Å². The summed E-state index contributed by atoms with van der Waals surface area (Å²) < 4.78 is 194. The van der Waals surface area contributed by atoms with E-state index in [2.05, 4.69) is 0 Å². The fraction of sp³-hybridized carbons (Fsp3) is 0.714. The first-order chi connectivity index (χ1) is 11.5. The van der Waals surface area contributed by atoms with E-state index in [1.807, 2.05) is 4.74 Å². The first-order valence-electron chi connectivity index (χ1n) is 5.24. The van der Waals surface area contributed by atoms with E-state index < -0.39 is 57.4 Å². The van der Waals surface area contributed by atoms with Crippen molar-refractivity contribution in [3.63, 3.8) is 0 Å². The quantitative estimate of drug-likeness (QED) is 0.252. The van der Waals surface area contributed by atoms with Gasteiger partial charge in [-0.25, -0.2) is 0 Å². The smallest absolute Gasteiger partial charge is 0.398 e. The van der Waals surface area contributed by atoms with Crippen LogP contribution in [0.3, 0.4) is 0 Å². The molecule has 0 fully saturated rings. The third-order valence-electron chi connectivity index (χ3n) is 2.00. The zero-order chi connectivity index (χ0) is 22.3. The van der Waals surface area contributed by atoms with E-state index >= 15 is 0 Å². The highest BCUT2D eigenvalue weighted by atomic mass is 32.2. The summed E-state index contributed by atoms with van der Waals surface area (Å²) in [5.41, 5.74) is 0. The normalized spacial score (nSPS) is 16.7. The second kappa shape index (κ2) is 7.13. The van der Waals surface area contributed by atoms with E-state index in [4.69, 9.17) is 4.55 Å². The molecule has 2 N–H and O–H groups in total. The van der Waals surface area contributed by atoms with Crippen molar-refractivity contribution < 1.29 is 79.5 Å². The van der Waals surface area contributed by atoms with Crippen molar-refractivity contribution in [2.45, 2.75) is 30.3 Å². The summed E-state index contributed by atoms with van der Waals surface area (Å²) in [6.07, 6.45) is -25.8. The van der Waals surface area contributed by atoms with Gasteiger partial charge in [-0.15, -0.1) is 4.72 Å². The van der Waals surface area contributed by atoms with Crippen LogP contribution in [-0.2, 0) is 19.8 Å². The Kier molecular flexibility index (Phi) is 6.72. The SMILES string of the molecule is O=S(=O)(O)NC(F)(F)C(F)(F)OC(F)(C(F)(F)F)C(F)(F)OC(F)=C(F)F. The molecule has 0 aliphatic heterocycles. The Morgan fingerprint density at radius 1 is 0.815 bits per heavy atom. The molecule has 0 aromatic rings. The minimum absolute atomic E-state index is 0.783. The molecular weight excluding hydrogens is 457 g/mol. The lowest BCUT2D eigenvalue weighted by molar-refractivity contribution is -0.517. The van der Waals surface area contributed by atoms with Crippen molar-refractivity contribution >= 4 is 10.3 Å². The van der Waals surface area contributed by atoms with Crippen molar-refractivity contribution in [3.05, 3.63) is 12.1 Å². The summed E-state index contributed by atoms with van der Waals surface area (Å²) in [7, 11) is -6.37. The van der Waals surface area contributed by atoms with Crippen LogP contribution >= 0.6 is 0 Å². The molecule has 6 nitrogen and oxygen atoms in total. The van der Waals surface area contributed by atoms with Crippen LogP contribution in [0.4, 0.5) is 57.1 Å². The Labute approximate surface area is 138 Å². The van der Waals surface area contributed by atoms with Crippen molar-refractivity contribution in [1.82, 2.24) is 4.72 Å². The number of nitrogens with one attached hydrogen (secondary N) is 1. The minimum Gasteiger partial charge on any atom is -0.398 e. The third kappa shape index (κ3) is 5.72. The van der Waals surface area contributed by atoms with Gasteiger partial charge in [0.1, 0.15) is 0 Å². The van der Waals surface area contributed by atoms with E-state index in [1.54, 1.807) is 4.74 Å². The molecule has 0 amide bonds. The van der Waals surface area contributed by atoms with Crippen molar-refractivity contribution in [2.24, 2.45) is 0 Å². The van der Waals surface area contributed by atoms with Crippen molar-refractivity contribution in [3.8, 4) is 0 Å². The van der Waals surface area contributed by atoms with Crippen LogP contribution < -0.4 is 4.72 Å². The third-order valence-corrected chi connectivity index (χ3v) is 2.51. The van der Waals surface area contributed by atoms with E-state index in [9.17, 15) is 65.5 Å². The Morgan fingerprint density at radius 3 is 1.52 bits per heavy atom. The Hall–Kier alpha value is -1.54. The van der Waals surface area contributed by atoms with Crippen LogP contribution in [0.15, 0.2) is 12.1 Å². The standard InChI is InChI=1S/C7H2F13NO5S/c8-1(9)2(10)25-6(17,18)3(11,4(12,13)14)26-7(19,20)5(15,16)21-27(22,23)24/h21H,(H,22,23,24). The molecule has 1 atom stereocenters. The monoisotopic (exact) mass is 459 g/mol. The molecule has 0 aromatic carbocycles. The van der Waals surface area contributed by atoms with Crippen LogP contribution in [0, 0.1) is 0 Å². The van der Waals surface area contributed by atoms with Gasteiger partial charge >= 0.3 is 52.7 Å². The minimum atomic E-state index is -7.48. The van der Waals surface area contributed by atoms with Gasteiger partial charge in [0.25, 0.3) is 0 Å². The molecule has 0 aliphatic rings. The van der Waals surface area contributed by atoms with E-state index in [0.29, 0.717) is 0 Å². The number of ether oxygens (including phenoxy) is 2. The zero-order valence-corrected chi connectivity index (χ0v) is 12.2. The highest BCUT2D eigenvalue weighted by Crippen LogP contribution is 2.52. The number of halogens is 13. The molecule has 0 bridgehead atoms. The summed E-state index contributed by atoms with van der Waals surface area (Å²) >= 11 is 0. The maximum absolute atomic E-state index is 13.4. The molecule has 162 valence electrons. The van der Waals surface area contributed by atoms with Gasteiger partial charge in [0.05, 0.1) is 0 Å². The molecule has 0 rings (SSSR count). The molecule has 0 aliphatic carbocycles. The zero-order valence-electron chi connectivity index (χ0n) is 11.4. The first kappa shape index (κ1) is 25.5. The number of alkyl halides is 10. The molecule has 0 saturated carbocycles. The van der Waals surface area contributed by atoms with Gasteiger partial charge in [-0.2, -0.15) is 65.5 Å². The topological polar surface area (TPSA) is 84.9 Å². The lowest BCUT2D eigenvalue weighted by Crippen LogP contribution is -2.65. The molecular formula is C7H2F13NO5S. The van der Waals surface area contributed by atoms with Crippen LogP contribution in [0.25, 0.3) is 0 Å². The van der Waals surface area contributed by atoms with E-state index in [-0.39, 0.29) is 0 Å². The number of hydrogen-bond donors (Lipinski definition) is 2. The molecule has 0 aromatic heterocycles. The highest BCUT2D eigenvalue weighted by Gasteiger charge is 2.81. The lowest BCUT2D eigenvalue weighted by Gasteiger charge is -2.36. The van der Waals surface area contributed by atoms with Crippen LogP contribution in [0.2, 0.25) is 0 Å². The lowest BCUT2D eigenvalue weighted by atomic mass is 10.2.